The molecule has 1 rings (SSSR count). The first kappa shape index (κ1) is 12.6. The Labute approximate surface area is 98.5 Å². The van der Waals surface area contributed by atoms with Crippen LogP contribution in [0.1, 0.15) is 25.0 Å². The quantitative estimate of drug-likeness (QED) is 0.685. The lowest BCUT2D eigenvalue weighted by molar-refractivity contribution is 0.268. The van der Waals surface area contributed by atoms with Crippen LogP contribution in [0.4, 0.5) is 0 Å². The minimum absolute atomic E-state index is 0.0677. The number of ether oxygens (including phenoxy) is 1. The standard InChI is InChI=1S/C15H20O/c1-11(2)6-8-14(5)16-15-9-7-12(3)10-13(15)4/h6-10,14H,1H2,2-5H3/b8-6-. The number of hydrogen-bond acceptors (Lipinski definition) is 1. The molecule has 86 valence electrons. The lowest BCUT2D eigenvalue weighted by Gasteiger charge is -2.13. The summed E-state index contributed by atoms with van der Waals surface area (Å²) in [6, 6.07) is 6.22. The zero-order valence-corrected chi connectivity index (χ0v) is 10.6. The number of rotatable bonds is 4. The van der Waals surface area contributed by atoms with Crippen molar-refractivity contribution in [2.75, 3.05) is 0 Å². The second kappa shape index (κ2) is 5.55. The van der Waals surface area contributed by atoms with Crippen LogP contribution in [0.2, 0.25) is 0 Å². The van der Waals surface area contributed by atoms with Gasteiger partial charge < -0.3 is 4.74 Å². The van der Waals surface area contributed by atoms with Crippen molar-refractivity contribution in [3.63, 3.8) is 0 Å². The van der Waals surface area contributed by atoms with Crippen molar-refractivity contribution in [2.45, 2.75) is 33.8 Å². The fourth-order valence-electron chi connectivity index (χ4n) is 1.47. The number of allylic oxidation sites excluding steroid dienone is 2. The van der Waals surface area contributed by atoms with Crippen LogP contribution in [0.15, 0.2) is 42.5 Å². The Morgan fingerprint density at radius 3 is 2.62 bits per heavy atom. The molecule has 0 saturated carbocycles. The van der Waals surface area contributed by atoms with Crippen LogP contribution in [0.3, 0.4) is 0 Å². The molecule has 0 aliphatic heterocycles. The summed E-state index contributed by atoms with van der Waals surface area (Å²) in [4.78, 5) is 0. The molecular weight excluding hydrogens is 196 g/mol. The van der Waals surface area contributed by atoms with E-state index in [1.165, 1.54) is 11.1 Å². The lowest BCUT2D eigenvalue weighted by atomic mass is 10.1. The van der Waals surface area contributed by atoms with E-state index in [0.29, 0.717) is 0 Å². The van der Waals surface area contributed by atoms with Crippen molar-refractivity contribution < 1.29 is 4.74 Å². The predicted octanol–water partition coefficient (Wildman–Crippen LogP) is 4.20. The van der Waals surface area contributed by atoms with Crippen molar-refractivity contribution in [3.8, 4) is 5.75 Å². The Morgan fingerprint density at radius 2 is 2.06 bits per heavy atom. The third-order valence-electron chi connectivity index (χ3n) is 2.30. The number of benzene rings is 1. The highest BCUT2D eigenvalue weighted by Gasteiger charge is 2.02. The SMILES string of the molecule is C=C(C)/C=C\C(C)Oc1ccc(C)cc1C. The van der Waals surface area contributed by atoms with Crippen LogP contribution in [-0.2, 0) is 0 Å². The molecule has 0 aliphatic carbocycles. The zero-order valence-electron chi connectivity index (χ0n) is 10.6. The minimum atomic E-state index is 0.0677. The van der Waals surface area contributed by atoms with Crippen LogP contribution in [0.25, 0.3) is 0 Å². The van der Waals surface area contributed by atoms with Gasteiger partial charge in [-0.05, 0) is 45.4 Å². The fourth-order valence-corrected chi connectivity index (χ4v) is 1.47. The van der Waals surface area contributed by atoms with E-state index < -0.39 is 0 Å². The van der Waals surface area contributed by atoms with Crippen LogP contribution < -0.4 is 4.74 Å². The van der Waals surface area contributed by atoms with Crippen molar-refractivity contribution in [3.05, 3.63) is 53.6 Å². The Balaban J connectivity index is 2.69. The second-order valence-electron chi connectivity index (χ2n) is 4.30. The molecule has 0 saturated heterocycles. The first-order chi connectivity index (χ1) is 7.49. The molecule has 1 nitrogen and oxygen atoms in total. The highest BCUT2D eigenvalue weighted by atomic mass is 16.5. The van der Waals surface area contributed by atoms with Crippen molar-refractivity contribution in [1.29, 1.82) is 0 Å². The van der Waals surface area contributed by atoms with Gasteiger partial charge in [0.2, 0.25) is 0 Å². The molecule has 1 atom stereocenters. The maximum atomic E-state index is 5.82. The van der Waals surface area contributed by atoms with Crippen molar-refractivity contribution in [2.24, 2.45) is 0 Å². The van der Waals surface area contributed by atoms with E-state index in [2.05, 4.69) is 32.6 Å². The van der Waals surface area contributed by atoms with Crippen LogP contribution in [0, 0.1) is 13.8 Å². The Kier molecular flexibility index (Phi) is 4.36. The van der Waals surface area contributed by atoms with Gasteiger partial charge in [0.25, 0.3) is 0 Å². The highest BCUT2D eigenvalue weighted by Crippen LogP contribution is 2.20. The first-order valence-electron chi connectivity index (χ1n) is 5.56. The summed E-state index contributed by atoms with van der Waals surface area (Å²) >= 11 is 0. The maximum absolute atomic E-state index is 5.82. The van der Waals surface area contributed by atoms with Crippen LogP contribution >= 0.6 is 0 Å². The van der Waals surface area contributed by atoms with E-state index in [1.54, 1.807) is 0 Å². The monoisotopic (exact) mass is 216 g/mol. The van der Waals surface area contributed by atoms with E-state index in [-0.39, 0.29) is 6.10 Å². The van der Waals surface area contributed by atoms with Gasteiger partial charge in [0, 0.05) is 0 Å². The van der Waals surface area contributed by atoms with Crippen LogP contribution in [0.5, 0.6) is 5.75 Å². The van der Waals surface area contributed by atoms with E-state index in [4.69, 9.17) is 4.74 Å². The zero-order chi connectivity index (χ0) is 12.1. The summed E-state index contributed by atoms with van der Waals surface area (Å²) < 4.78 is 5.82. The van der Waals surface area contributed by atoms with Gasteiger partial charge in [0.15, 0.2) is 0 Å². The van der Waals surface area contributed by atoms with E-state index >= 15 is 0 Å². The van der Waals surface area contributed by atoms with E-state index in [0.717, 1.165) is 11.3 Å². The lowest BCUT2D eigenvalue weighted by Crippen LogP contribution is -2.08. The van der Waals surface area contributed by atoms with Gasteiger partial charge in [0.05, 0.1) is 0 Å². The largest absolute Gasteiger partial charge is 0.486 e. The molecule has 0 spiro atoms. The molecule has 1 unspecified atom stereocenters. The average molecular weight is 216 g/mol. The summed E-state index contributed by atoms with van der Waals surface area (Å²) in [7, 11) is 0. The third-order valence-corrected chi connectivity index (χ3v) is 2.30. The van der Waals surface area contributed by atoms with E-state index in [9.17, 15) is 0 Å². The molecule has 16 heavy (non-hydrogen) atoms. The maximum Gasteiger partial charge on any atom is 0.123 e. The number of aryl methyl sites for hydroxylation is 2. The topological polar surface area (TPSA) is 9.23 Å². The molecule has 0 aliphatic rings. The summed E-state index contributed by atoms with van der Waals surface area (Å²) in [5.41, 5.74) is 3.47. The first-order valence-corrected chi connectivity index (χ1v) is 5.56. The van der Waals surface area contributed by atoms with Crippen molar-refractivity contribution in [1.82, 2.24) is 0 Å². The Morgan fingerprint density at radius 1 is 1.38 bits per heavy atom. The van der Waals surface area contributed by atoms with Gasteiger partial charge >= 0.3 is 0 Å². The molecule has 0 radical (unpaired) electrons. The van der Waals surface area contributed by atoms with Gasteiger partial charge in [-0.25, -0.2) is 0 Å². The Hall–Kier alpha value is -1.50. The molecule has 0 amide bonds. The molecule has 0 fully saturated rings. The van der Waals surface area contributed by atoms with E-state index in [1.807, 2.05) is 32.1 Å². The third kappa shape index (κ3) is 3.93. The molecule has 0 bridgehead atoms. The van der Waals surface area contributed by atoms with Gasteiger partial charge in [-0.2, -0.15) is 0 Å². The minimum Gasteiger partial charge on any atom is -0.486 e. The normalized spacial score (nSPS) is 12.8. The fraction of sp³-hybridized carbons (Fsp3) is 0.333. The summed E-state index contributed by atoms with van der Waals surface area (Å²) in [6.07, 6.45) is 4.06. The smallest absolute Gasteiger partial charge is 0.123 e. The molecule has 1 heteroatoms. The van der Waals surface area contributed by atoms with Crippen molar-refractivity contribution >= 4 is 0 Å². The predicted molar refractivity (Wildman–Crippen MR) is 70.0 cm³/mol. The van der Waals surface area contributed by atoms with Gasteiger partial charge in [-0.15, -0.1) is 0 Å². The van der Waals surface area contributed by atoms with Gasteiger partial charge in [-0.3, -0.25) is 0 Å². The Bertz CT molecular complexity index is 402. The highest BCUT2D eigenvalue weighted by molar-refractivity contribution is 5.36. The molecule has 0 heterocycles. The number of hydrogen-bond donors (Lipinski definition) is 0. The molecular formula is C15H20O. The molecule has 0 aromatic heterocycles. The molecule has 0 N–H and O–H groups in total. The van der Waals surface area contributed by atoms with Gasteiger partial charge in [0.1, 0.15) is 11.9 Å². The molecule has 1 aromatic carbocycles. The summed E-state index contributed by atoms with van der Waals surface area (Å²) in [5, 5.41) is 0. The van der Waals surface area contributed by atoms with Crippen LogP contribution in [-0.4, -0.2) is 6.10 Å². The molecule has 1 aromatic rings. The second-order valence-corrected chi connectivity index (χ2v) is 4.30. The average Bonchev–Trinajstić information content (AvgIpc) is 2.19. The summed E-state index contributed by atoms with van der Waals surface area (Å²) in [6.45, 7) is 12.0. The summed E-state index contributed by atoms with van der Waals surface area (Å²) in [5.74, 6) is 0.949. The van der Waals surface area contributed by atoms with Gasteiger partial charge in [-0.1, -0.05) is 35.9 Å².